The second-order valence-electron chi connectivity index (χ2n) is 9.88. The number of ether oxygens (including phenoxy) is 4. The zero-order valence-corrected chi connectivity index (χ0v) is 25.7. The van der Waals surface area contributed by atoms with E-state index in [-0.39, 0.29) is 43.7 Å². The summed E-state index contributed by atoms with van der Waals surface area (Å²) in [4.78, 5) is 13.0. The van der Waals surface area contributed by atoms with E-state index in [4.69, 9.17) is 24.1 Å². The first-order valence-electron chi connectivity index (χ1n) is 14.5. The van der Waals surface area contributed by atoms with Gasteiger partial charge in [-0.25, -0.2) is 4.68 Å². The van der Waals surface area contributed by atoms with Gasteiger partial charge < -0.3 is 39.6 Å². The lowest BCUT2D eigenvalue weighted by molar-refractivity contribution is -0.122. The number of amides is 1. The van der Waals surface area contributed by atoms with Crippen LogP contribution in [-0.4, -0.2) is 93.3 Å². The first kappa shape index (κ1) is 33.7. The number of aliphatic hydroxyl groups is 1. The molecule has 0 aliphatic carbocycles. The van der Waals surface area contributed by atoms with Crippen molar-refractivity contribution in [2.75, 3.05) is 47.3 Å². The quantitative estimate of drug-likeness (QED) is 0.118. The number of aromatic nitrogens is 5. The maximum atomic E-state index is 13.0. The van der Waals surface area contributed by atoms with E-state index in [9.17, 15) is 15.0 Å². The molecule has 2 heterocycles. The van der Waals surface area contributed by atoms with Crippen LogP contribution in [-0.2, 0) is 33.9 Å². The van der Waals surface area contributed by atoms with E-state index in [1.807, 2.05) is 24.3 Å². The van der Waals surface area contributed by atoms with Gasteiger partial charge in [0.25, 0.3) is 0 Å². The number of methoxy groups -OCH3 is 2. The lowest BCUT2D eigenvalue weighted by Gasteiger charge is -2.06. The van der Waals surface area contributed by atoms with Crippen molar-refractivity contribution in [2.45, 2.75) is 19.6 Å². The van der Waals surface area contributed by atoms with Crippen molar-refractivity contribution < 1.29 is 39.1 Å². The standard InChI is InChI=1S/C32H38N6O8/c1-43-30-17-23(5-9-28(30)40)3-7-25-19-27(8-4-24-6-10-29(41)31(18-24)44-2)38(35-25)22-32(42)33-20-26-21-37(36-34-26)11-13-45-15-16-46-14-12-39/h3-10,17-19,21,39-41H,11-16,20,22H2,1-2H3,(H,33,42)/b7-3+,8-4+. The zero-order valence-electron chi connectivity index (χ0n) is 25.7. The fourth-order valence-electron chi connectivity index (χ4n) is 4.21. The van der Waals surface area contributed by atoms with Crippen LogP contribution in [0.2, 0.25) is 0 Å². The Morgan fingerprint density at radius 3 is 2.17 bits per heavy atom. The first-order chi connectivity index (χ1) is 22.4. The van der Waals surface area contributed by atoms with E-state index in [0.29, 0.717) is 54.9 Å². The van der Waals surface area contributed by atoms with E-state index in [1.165, 1.54) is 14.2 Å². The second-order valence-corrected chi connectivity index (χ2v) is 9.88. The van der Waals surface area contributed by atoms with Crippen LogP contribution in [0, 0.1) is 0 Å². The average molecular weight is 635 g/mol. The fourth-order valence-corrected chi connectivity index (χ4v) is 4.21. The lowest BCUT2D eigenvalue weighted by Crippen LogP contribution is -2.28. The van der Waals surface area contributed by atoms with Gasteiger partial charge in [0.05, 0.1) is 77.9 Å². The van der Waals surface area contributed by atoms with Crippen molar-refractivity contribution in [3.63, 3.8) is 0 Å². The van der Waals surface area contributed by atoms with Crippen molar-refractivity contribution >= 4 is 30.2 Å². The predicted molar refractivity (Wildman–Crippen MR) is 170 cm³/mol. The number of phenols is 2. The number of benzene rings is 2. The number of hydrogen-bond donors (Lipinski definition) is 4. The van der Waals surface area contributed by atoms with E-state index < -0.39 is 0 Å². The summed E-state index contributed by atoms with van der Waals surface area (Å²) in [5, 5.41) is 44.1. The molecule has 0 bridgehead atoms. The Bertz CT molecular complexity index is 1630. The Morgan fingerprint density at radius 2 is 1.52 bits per heavy atom. The SMILES string of the molecule is COc1cc(/C=C/c2cc(/C=C/c3ccc(O)c(OC)c3)n(CC(=O)NCc3cn(CCOCCOCCO)nn3)n2)ccc1O. The van der Waals surface area contributed by atoms with E-state index in [0.717, 1.165) is 11.1 Å². The van der Waals surface area contributed by atoms with Crippen molar-refractivity contribution in [3.05, 3.63) is 76.9 Å². The third-order valence-corrected chi connectivity index (χ3v) is 6.55. The summed E-state index contributed by atoms with van der Waals surface area (Å²) in [5.41, 5.74) is 3.44. The molecule has 4 N–H and O–H groups in total. The molecule has 4 rings (SSSR count). The summed E-state index contributed by atoms with van der Waals surface area (Å²) >= 11 is 0. The smallest absolute Gasteiger partial charge is 0.242 e. The monoisotopic (exact) mass is 634 g/mol. The number of carbonyl (C=O) groups excluding carboxylic acids is 1. The molecule has 1 amide bonds. The minimum Gasteiger partial charge on any atom is -0.504 e. The number of phenolic OH excluding ortho intramolecular Hbond substituents is 2. The summed E-state index contributed by atoms with van der Waals surface area (Å²) in [6.45, 7) is 2.11. The molecule has 0 aliphatic heterocycles. The Kier molecular flexibility index (Phi) is 12.7. The van der Waals surface area contributed by atoms with Gasteiger partial charge in [-0.15, -0.1) is 5.10 Å². The van der Waals surface area contributed by atoms with Crippen LogP contribution in [0.1, 0.15) is 28.2 Å². The molecule has 0 aliphatic rings. The predicted octanol–water partition coefficient (Wildman–Crippen LogP) is 2.59. The summed E-state index contributed by atoms with van der Waals surface area (Å²) in [5.74, 6) is 0.501. The van der Waals surface area contributed by atoms with Gasteiger partial charge in [-0.3, -0.25) is 9.48 Å². The van der Waals surface area contributed by atoms with Crippen LogP contribution in [0.3, 0.4) is 0 Å². The van der Waals surface area contributed by atoms with Gasteiger partial charge in [-0.2, -0.15) is 5.10 Å². The molecule has 14 nitrogen and oxygen atoms in total. The fraction of sp³-hybridized carbons (Fsp3) is 0.312. The Hall–Kier alpha value is -5.18. The van der Waals surface area contributed by atoms with Crippen molar-refractivity contribution in [3.8, 4) is 23.0 Å². The maximum absolute atomic E-state index is 13.0. The van der Waals surface area contributed by atoms with Gasteiger partial charge in [-0.05, 0) is 53.6 Å². The molecular weight excluding hydrogens is 596 g/mol. The van der Waals surface area contributed by atoms with Gasteiger partial charge in [0, 0.05) is 0 Å². The van der Waals surface area contributed by atoms with Gasteiger partial charge in [0.15, 0.2) is 23.0 Å². The van der Waals surface area contributed by atoms with Crippen LogP contribution in [0.4, 0.5) is 0 Å². The number of nitrogens with one attached hydrogen (secondary N) is 1. The van der Waals surface area contributed by atoms with Gasteiger partial charge in [-0.1, -0.05) is 29.5 Å². The third-order valence-electron chi connectivity index (χ3n) is 6.55. The maximum Gasteiger partial charge on any atom is 0.242 e. The number of carbonyl (C=O) groups is 1. The van der Waals surface area contributed by atoms with Crippen LogP contribution in [0.5, 0.6) is 23.0 Å². The van der Waals surface area contributed by atoms with E-state index in [1.54, 1.807) is 58.0 Å². The van der Waals surface area contributed by atoms with Crippen LogP contribution in [0.15, 0.2) is 48.7 Å². The first-order valence-corrected chi connectivity index (χ1v) is 14.5. The lowest BCUT2D eigenvalue weighted by atomic mass is 10.1. The van der Waals surface area contributed by atoms with E-state index in [2.05, 4.69) is 20.7 Å². The van der Waals surface area contributed by atoms with E-state index >= 15 is 0 Å². The highest BCUT2D eigenvalue weighted by Crippen LogP contribution is 2.28. The van der Waals surface area contributed by atoms with Crippen LogP contribution >= 0.6 is 0 Å². The molecular formula is C32H38N6O8. The Balaban J connectivity index is 1.41. The summed E-state index contributed by atoms with van der Waals surface area (Å²) in [6.07, 6.45) is 9.01. The highest BCUT2D eigenvalue weighted by Gasteiger charge is 2.11. The minimum absolute atomic E-state index is 0.0216. The number of hydrogen-bond acceptors (Lipinski definition) is 11. The molecule has 244 valence electrons. The zero-order chi connectivity index (χ0) is 32.7. The molecule has 0 atom stereocenters. The van der Waals surface area contributed by atoms with Crippen molar-refractivity contribution in [1.82, 2.24) is 30.1 Å². The third kappa shape index (κ3) is 10.2. The summed E-state index contributed by atoms with van der Waals surface area (Å²) in [7, 11) is 2.96. The normalized spacial score (nSPS) is 11.5. The van der Waals surface area contributed by atoms with Crippen molar-refractivity contribution in [1.29, 1.82) is 0 Å². The number of nitrogens with zero attached hydrogens (tertiary/aromatic N) is 5. The molecule has 46 heavy (non-hydrogen) atoms. The average Bonchev–Trinajstić information content (AvgIpc) is 3.68. The molecule has 4 aromatic rings. The van der Waals surface area contributed by atoms with Gasteiger partial charge >= 0.3 is 0 Å². The molecule has 2 aromatic heterocycles. The van der Waals surface area contributed by atoms with Gasteiger partial charge in [0.1, 0.15) is 12.2 Å². The van der Waals surface area contributed by atoms with Crippen molar-refractivity contribution in [2.24, 2.45) is 0 Å². The molecule has 0 unspecified atom stereocenters. The Morgan fingerprint density at radius 1 is 0.870 bits per heavy atom. The highest BCUT2D eigenvalue weighted by molar-refractivity contribution is 5.77. The molecule has 0 saturated carbocycles. The topological polar surface area (TPSA) is 175 Å². The molecule has 0 saturated heterocycles. The number of aromatic hydroxyl groups is 2. The second kappa shape index (κ2) is 17.3. The minimum atomic E-state index is -0.274. The van der Waals surface area contributed by atoms with Crippen LogP contribution < -0.4 is 14.8 Å². The van der Waals surface area contributed by atoms with Gasteiger partial charge in [0.2, 0.25) is 5.91 Å². The molecule has 14 heteroatoms. The molecule has 0 fully saturated rings. The van der Waals surface area contributed by atoms with Crippen LogP contribution in [0.25, 0.3) is 24.3 Å². The molecule has 0 radical (unpaired) electrons. The number of rotatable bonds is 18. The summed E-state index contributed by atoms with van der Waals surface area (Å²) in [6, 6.07) is 11.8. The summed E-state index contributed by atoms with van der Waals surface area (Å²) < 4.78 is 24.2. The largest absolute Gasteiger partial charge is 0.504 e. The highest BCUT2D eigenvalue weighted by atomic mass is 16.5. The Labute approximate surface area is 266 Å². The molecule has 0 spiro atoms. The molecule has 2 aromatic carbocycles. The number of aliphatic hydroxyl groups excluding tert-OH is 1.